The molecule has 0 saturated heterocycles. The third-order valence-electron chi connectivity index (χ3n) is 3.50. The Kier molecular flexibility index (Phi) is 3.34. The first kappa shape index (κ1) is 13.4. The molecule has 0 spiro atoms. The Balaban J connectivity index is 1.47. The summed E-state index contributed by atoms with van der Waals surface area (Å²) in [5, 5.41) is 12.4. The Bertz CT molecular complexity index is 822. The van der Waals surface area contributed by atoms with Gasteiger partial charge in [-0.25, -0.2) is 0 Å². The Hall–Kier alpha value is -2.28. The van der Waals surface area contributed by atoms with Crippen LogP contribution in [0.5, 0.6) is 0 Å². The number of thioether (sulfide) groups is 1. The molecule has 2 heterocycles. The van der Waals surface area contributed by atoms with Crippen LogP contribution in [-0.2, 0) is 4.79 Å². The summed E-state index contributed by atoms with van der Waals surface area (Å²) in [7, 11) is 0. The zero-order valence-electron chi connectivity index (χ0n) is 11.7. The van der Waals surface area contributed by atoms with Gasteiger partial charge in [-0.2, -0.15) is 0 Å². The second-order valence-corrected chi connectivity index (χ2v) is 6.18. The predicted molar refractivity (Wildman–Crippen MR) is 83.5 cm³/mol. The average molecular weight is 314 g/mol. The minimum atomic E-state index is 0.0133. The molecule has 1 fully saturated rings. The first-order valence-corrected chi connectivity index (χ1v) is 8.10. The molecule has 0 aliphatic heterocycles. The van der Waals surface area contributed by atoms with Crippen molar-refractivity contribution in [1.29, 1.82) is 0 Å². The van der Waals surface area contributed by atoms with Crippen molar-refractivity contribution >= 4 is 28.6 Å². The van der Waals surface area contributed by atoms with Crippen LogP contribution in [0, 0.1) is 0 Å². The largest absolute Gasteiger partial charge is 0.411 e. The minimum Gasteiger partial charge on any atom is -0.411 e. The summed E-state index contributed by atoms with van der Waals surface area (Å²) in [5.41, 5.74) is 1.89. The molecular formula is C15H14N4O2S. The molecule has 1 aliphatic rings. The van der Waals surface area contributed by atoms with Crippen LogP contribution in [0.1, 0.15) is 12.8 Å². The number of hydrogen-bond acceptors (Lipinski definition) is 5. The van der Waals surface area contributed by atoms with Crippen molar-refractivity contribution in [2.24, 2.45) is 0 Å². The first-order valence-electron chi connectivity index (χ1n) is 7.12. The van der Waals surface area contributed by atoms with E-state index >= 15 is 0 Å². The van der Waals surface area contributed by atoms with Crippen LogP contribution >= 0.6 is 11.8 Å². The molecule has 7 heteroatoms. The molecule has 112 valence electrons. The van der Waals surface area contributed by atoms with E-state index in [1.54, 1.807) is 0 Å². The lowest BCUT2D eigenvalue weighted by Gasteiger charge is -1.99. The Morgan fingerprint density at radius 1 is 1.36 bits per heavy atom. The molecule has 0 atom stereocenters. The van der Waals surface area contributed by atoms with Gasteiger partial charge in [0.05, 0.1) is 11.3 Å². The number of hydrogen-bond donors (Lipinski definition) is 2. The van der Waals surface area contributed by atoms with Crippen LogP contribution in [-0.4, -0.2) is 32.9 Å². The summed E-state index contributed by atoms with van der Waals surface area (Å²) in [6, 6.07) is 8.30. The smallest absolute Gasteiger partial charge is 0.277 e. The summed E-state index contributed by atoms with van der Waals surface area (Å²) in [6.07, 6.45) is 4.02. The second kappa shape index (κ2) is 5.49. The topological polar surface area (TPSA) is 83.8 Å². The number of benzene rings is 1. The van der Waals surface area contributed by atoms with Gasteiger partial charge >= 0.3 is 0 Å². The molecule has 1 aliphatic carbocycles. The average Bonchev–Trinajstić information content (AvgIpc) is 3.06. The van der Waals surface area contributed by atoms with Gasteiger partial charge in [0, 0.05) is 23.1 Å². The van der Waals surface area contributed by atoms with E-state index in [9.17, 15) is 4.79 Å². The molecule has 2 aromatic heterocycles. The van der Waals surface area contributed by atoms with Crippen LogP contribution in [0.25, 0.3) is 22.4 Å². The van der Waals surface area contributed by atoms with Gasteiger partial charge in [-0.1, -0.05) is 30.0 Å². The second-order valence-electron chi connectivity index (χ2n) is 5.25. The van der Waals surface area contributed by atoms with Crippen LogP contribution in [0.2, 0.25) is 0 Å². The lowest BCUT2D eigenvalue weighted by molar-refractivity contribution is -0.118. The van der Waals surface area contributed by atoms with E-state index < -0.39 is 0 Å². The van der Waals surface area contributed by atoms with Crippen molar-refractivity contribution in [3.05, 3.63) is 30.5 Å². The van der Waals surface area contributed by atoms with Crippen LogP contribution in [0.15, 0.2) is 40.1 Å². The van der Waals surface area contributed by atoms with E-state index in [1.807, 2.05) is 30.5 Å². The number of para-hydroxylation sites is 1. The molecule has 0 bridgehead atoms. The number of rotatable bonds is 5. The van der Waals surface area contributed by atoms with E-state index in [1.165, 1.54) is 11.8 Å². The number of nitrogens with zero attached hydrogens (tertiary/aromatic N) is 2. The number of amides is 1. The third-order valence-corrected chi connectivity index (χ3v) is 4.31. The molecule has 0 radical (unpaired) electrons. The molecule has 4 rings (SSSR count). The first-order chi connectivity index (χ1) is 10.8. The lowest BCUT2D eigenvalue weighted by Crippen LogP contribution is -2.26. The zero-order valence-corrected chi connectivity index (χ0v) is 12.5. The van der Waals surface area contributed by atoms with E-state index in [0.717, 1.165) is 29.3 Å². The number of carbonyl (C=O) groups is 1. The summed E-state index contributed by atoms with van der Waals surface area (Å²) in [5.74, 6) is 0.772. The zero-order chi connectivity index (χ0) is 14.9. The van der Waals surface area contributed by atoms with Gasteiger partial charge in [0.15, 0.2) is 0 Å². The Morgan fingerprint density at radius 3 is 3.09 bits per heavy atom. The van der Waals surface area contributed by atoms with Crippen molar-refractivity contribution in [2.45, 2.75) is 24.1 Å². The van der Waals surface area contributed by atoms with Gasteiger partial charge in [0.25, 0.3) is 11.1 Å². The number of carbonyl (C=O) groups excluding carboxylic acids is 1. The summed E-state index contributed by atoms with van der Waals surface area (Å²) in [6.45, 7) is 0. The quantitative estimate of drug-likeness (QED) is 0.707. The van der Waals surface area contributed by atoms with E-state index in [4.69, 9.17) is 4.42 Å². The van der Waals surface area contributed by atoms with Gasteiger partial charge in [-0.05, 0) is 18.9 Å². The van der Waals surface area contributed by atoms with Crippen LogP contribution in [0.4, 0.5) is 0 Å². The Morgan fingerprint density at radius 2 is 2.23 bits per heavy atom. The van der Waals surface area contributed by atoms with Gasteiger partial charge < -0.3 is 14.7 Å². The molecule has 0 unspecified atom stereocenters. The van der Waals surface area contributed by atoms with Crippen molar-refractivity contribution in [3.8, 4) is 11.5 Å². The highest BCUT2D eigenvalue weighted by atomic mass is 32.2. The number of fused-ring (bicyclic) bond motifs is 1. The summed E-state index contributed by atoms with van der Waals surface area (Å²) < 4.78 is 5.65. The van der Waals surface area contributed by atoms with Crippen molar-refractivity contribution < 1.29 is 9.21 Å². The maximum atomic E-state index is 11.7. The molecule has 1 aromatic carbocycles. The summed E-state index contributed by atoms with van der Waals surface area (Å²) >= 11 is 1.26. The van der Waals surface area contributed by atoms with Crippen molar-refractivity contribution in [2.75, 3.05) is 5.75 Å². The fourth-order valence-corrected chi connectivity index (χ4v) is 2.82. The molecule has 6 nitrogen and oxygen atoms in total. The molecule has 1 saturated carbocycles. The predicted octanol–water partition coefficient (Wildman–Crippen LogP) is 2.59. The van der Waals surface area contributed by atoms with Crippen molar-refractivity contribution in [3.63, 3.8) is 0 Å². The van der Waals surface area contributed by atoms with Gasteiger partial charge in [0.1, 0.15) is 0 Å². The third kappa shape index (κ3) is 2.71. The van der Waals surface area contributed by atoms with Crippen LogP contribution < -0.4 is 5.32 Å². The minimum absolute atomic E-state index is 0.0133. The molecular weight excluding hydrogens is 300 g/mol. The fraction of sp³-hybridized carbons (Fsp3) is 0.267. The Labute approximate surface area is 130 Å². The molecule has 1 amide bonds. The monoisotopic (exact) mass is 314 g/mol. The lowest BCUT2D eigenvalue weighted by atomic mass is 10.2. The van der Waals surface area contributed by atoms with Gasteiger partial charge in [-0.15, -0.1) is 10.2 Å². The van der Waals surface area contributed by atoms with E-state index in [0.29, 0.717) is 22.9 Å². The highest BCUT2D eigenvalue weighted by molar-refractivity contribution is 7.99. The van der Waals surface area contributed by atoms with Gasteiger partial charge in [-0.3, -0.25) is 4.79 Å². The SMILES string of the molecule is O=C(CSc1nnc(-c2c[nH]c3ccccc23)o1)NC1CC1. The molecule has 3 aromatic rings. The van der Waals surface area contributed by atoms with Gasteiger partial charge in [0.2, 0.25) is 5.91 Å². The number of aromatic nitrogens is 3. The summed E-state index contributed by atoms with van der Waals surface area (Å²) in [4.78, 5) is 14.8. The fourth-order valence-electron chi connectivity index (χ4n) is 2.25. The maximum absolute atomic E-state index is 11.7. The van der Waals surface area contributed by atoms with E-state index in [-0.39, 0.29) is 5.91 Å². The van der Waals surface area contributed by atoms with Crippen molar-refractivity contribution in [1.82, 2.24) is 20.5 Å². The number of aromatic amines is 1. The number of H-pyrrole nitrogens is 1. The standard InChI is InChI=1S/C15H14N4O2S/c20-13(17-9-5-6-9)8-22-15-19-18-14(21-15)11-7-16-12-4-2-1-3-10(11)12/h1-4,7,9,16H,5-6,8H2,(H,17,20). The number of nitrogens with one attached hydrogen (secondary N) is 2. The highest BCUT2D eigenvalue weighted by Gasteiger charge is 2.23. The molecule has 22 heavy (non-hydrogen) atoms. The normalized spacial score (nSPS) is 14.4. The van der Waals surface area contributed by atoms with E-state index in [2.05, 4.69) is 20.5 Å². The molecule has 2 N–H and O–H groups in total. The maximum Gasteiger partial charge on any atom is 0.277 e. The van der Waals surface area contributed by atoms with Crippen LogP contribution in [0.3, 0.4) is 0 Å². The highest BCUT2D eigenvalue weighted by Crippen LogP contribution is 2.29.